The van der Waals surface area contributed by atoms with Crippen LogP contribution in [0.25, 0.3) is 11.5 Å². The van der Waals surface area contributed by atoms with E-state index in [0.717, 1.165) is 5.56 Å². The molecule has 0 saturated carbocycles. The van der Waals surface area contributed by atoms with Gasteiger partial charge >= 0.3 is 0 Å². The summed E-state index contributed by atoms with van der Waals surface area (Å²) in [7, 11) is 3.88. The zero-order valence-electron chi connectivity index (χ0n) is 9.25. The van der Waals surface area contributed by atoms with Crippen LogP contribution in [0.2, 0.25) is 0 Å². The normalized spacial score (nSPS) is 13.2. The predicted molar refractivity (Wildman–Crippen MR) is 57.5 cm³/mol. The lowest BCUT2D eigenvalue weighted by molar-refractivity contribution is 0.357. The molecule has 2 aromatic rings. The molecule has 0 aromatic carbocycles. The molecule has 2 N–H and O–H groups in total. The fourth-order valence-electron chi connectivity index (χ4n) is 1.36. The van der Waals surface area contributed by atoms with E-state index >= 15 is 0 Å². The molecule has 0 aliphatic heterocycles. The summed E-state index contributed by atoms with van der Waals surface area (Å²) in [5.74, 6) is 0.933. The number of nitrogens with zero attached hydrogens (tertiary/aromatic N) is 3. The molecule has 86 valence electrons. The molecular formula is C10H14N4O2. The molecule has 1 atom stereocenters. The first kappa shape index (κ1) is 10.8. The number of hydrogen-bond acceptors (Lipinski definition) is 6. The highest BCUT2D eigenvalue weighted by Gasteiger charge is 2.16. The van der Waals surface area contributed by atoms with Gasteiger partial charge in [-0.25, -0.2) is 0 Å². The SMILES string of the molecule is CN(C)CC(N)c1noc(-c2ccoc2)n1. The fourth-order valence-corrected chi connectivity index (χ4v) is 1.36. The van der Waals surface area contributed by atoms with Gasteiger partial charge in [-0.05, 0) is 20.2 Å². The van der Waals surface area contributed by atoms with E-state index in [4.69, 9.17) is 14.7 Å². The third-order valence-electron chi connectivity index (χ3n) is 2.10. The first-order chi connectivity index (χ1) is 7.66. The molecule has 6 heteroatoms. The van der Waals surface area contributed by atoms with Crippen molar-refractivity contribution in [3.8, 4) is 11.5 Å². The number of rotatable bonds is 4. The second kappa shape index (κ2) is 4.46. The summed E-state index contributed by atoms with van der Waals surface area (Å²) in [5.41, 5.74) is 6.67. The van der Waals surface area contributed by atoms with Crippen LogP contribution >= 0.6 is 0 Å². The molecule has 0 aliphatic rings. The van der Waals surface area contributed by atoms with Crippen LogP contribution in [0.5, 0.6) is 0 Å². The van der Waals surface area contributed by atoms with E-state index in [-0.39, 0.29) is 6.04 Å². The summed E-state index contributed by atoms with van der Waals surface area (Å²) in [6.45, 7) is 0.671. The van der Waals surface area contributed by atoms with Crippen LogP contribution < -0.4 is 5.73 Å². The number of nitrogens with two attached hydrogens (primary N) is 1. The minimum absolute atomic E-state index is 0.251. The Hall–Kier alpha value is -1.66. The van der Waals surface area contributed by atoms with Gasteiger partial charge in [0, 0.05) is 6.54 Å². The van der Waals surface area contributed by atoms with Crippen molar-refractivity contribution in [3.05, 3.63) is 24.4 Å². The van der Waals surface area contributed by atoms with E-state index in [1.54, 1.807) is 18.6 Å². The second-order valence-corrected chi connectivity index (χ2v) is 3.84. The first-order valence-corrected chi connectivity index (χ1v) is 4.93. The van der Waals surface area contributed by atoms with Crippen LogP contribution in [0.1, 0.15) is 11.9 Å². The lowest BCUT2D eigenvalue weighted by Crippen LogP contribution is -2.26. The van der Waals surface area contributed by atoms with E-state index in [9.17, 15) is 0 Å². The summed E-state index contributed by atoms with van der Waals surface area (Å²) in [4.78, 5) is 6.19. The Bertz CT molecular complexity index is 435. The molecule has 2 rings (SSSR count). The van der Waals surface area contributed by atoms with Crippen LogP contribution in [0.15, 0.2) is 27.5 Å². The van der Waals surface area contributed by atoms with Gasteiger partial charge in [0.2, 0.25) is 0 Å². The number of furan rings is 1. The van der Waals surface area contributed by atoms with Crippen molar-refractivity contribution in [3.63, 3.8) is 0 Å². The molecule has 0 spiro atoms. The molecule has 1 unspecified atom stereocenters. The van der Waals surface area contributed by atoms with E-state index in [1.165, 1.54) is 0 Å². The summed E-state index contributed by atoms with van der Waals surface area (Å²) in [5, 5.41) is 3.85. The molecule has 0 bridgehead atoms. The van der Waals surface area contributed by atoms with Crippen molar-refractivity contribution in [2.75, 3.05) is 20.6 Å². The molecule has 2 heterocycles. The monoisotopic (exact) mass is 222 g/mol. The fraction of sp³-hybridized carbons (Fsp3) is 0.400. The van der Waals surface area contributed by atoms with Crippen molar-refractivity contribution in [2.24, 2.45) is 5.73 Å². The Morgan fingerprint density at radius 3 is 2.94 bits per heavy atom. The Kier molecular flexibility index (Phi) is 3.02. The minimum Gasteiger partial charge on any atom is -0.472 e. The van der Waals surface area contributed by atoms with Gasteiger partial charge in [0.25, 0.3) is 5.89 Å². The molecular weight excluding hydrogens is 208 g/mol. The summed E-state index contributed by atoms with van der Waals surface area (Å²) in [6.07, 6.45) is 3.10. The van der Waals surface area contributed by atoms with Crippen LogP contribution in [0.4, 0.5) is 0 Å². The quantitative estimate of drug-likeness (QED) is 0.827. The van der Waals surface area contributed by atoms with E-state index in [0.29, 0.717) is 18.3 Å². The summed E-state index contributed by atoms with van der Waals surface area (Å²) < 4.78 is 10.0. The first-order valence-electron chi connectivity index (χ1n) is 4.93. The van der Waals surface area contributed by atoms with Gasteiger partial charge < -0.3 is 19.6 Å². The summed E-state index contributed by atoms with van der Waals surface area (Å²) in [6, 6.07) is 1.51. The van der Waals surface area contributed by atoms with Crippen LogP contribution in [0, 0.1) is 0 Å². The maximum Gasteiger partial charge on any atom is 0.261 e. The Balaban J connectivity index is 2.13. The van der Waals surface area contributed by atoms with E-state index in [1.807, 2.05) is 19.0 Å². The van der Waals surface area contributed by atoms with Gasteiger partial charge in [-0.3, -0.25) is 0 Å². The van der Waals surface area contributed by atoms with E-state index < -0.39 is 0 Å². The van der Waals surface area contributed by atoms with Crippen LogP contribution in [0.3, 0.4) is 0 Å². The lowest BCUT2D eigenvalue weighted by Gasteiger charge is -2.12. The van der Waals surface area contributed by atoms with Crippen molar-refractivity contribution in [1.82, 2.24) is 15.0 Å². The standard InChI is InChI=1S/C10H14N4O2/c1-14(2)5-8(11)9-12-10(16-13-9)7-3-4-15-6-7/h3-4,6,8H,5,11H2,1-2H3. The highest BCUT2D eigenvalue weighted by atomic mass is 16.5. The van der Waals surface area contributed by atoms with Gasteiger partial charge in [0.05, 0.1) is 17.9 Å². The molecule has 6 nitrogen and oxygen atoms in total. The predicted octanol–water partition coefficient (Wildman–Crippen LogP) is 0.891. The van der Waals surface area contributed by atoms with Gasteiger partial charge in [-0.15, -0.1) is 0 Å². The van der Waals surface area contributed by atoms with Gasteiger partial charge in [0.15, 0.2) is 5.82 Å². The molecule has 0 aliphatic carbocycles. The zero-order chi connectivity index (χ0) is 11.5. The average molecular weight is 222 g/mol. The summed E-state index contributed by atoms with van der Waals surface area (Å²) >= 11 is 0. The van der Waals surface area contributed by atoms with Gasteiger partial charge in [-0.2, -0.15) is 4.98 Å². The minimum atomic E-state index is -0.251. The molecule has 2 aromatic heterocycles. The maximum atomic E-state index is 5.91. The van der Waals surface area contributed by atoms with Crippen molar-refractivity contribution in [1.29, 1.82) is 0 Å². The van der Waals surface area contributed by atoms with Crippen LogP contribution in [-0.2, 0) is 0 Å². The Morgan fingerprint density at radius 2 is 2.31 bits per heavy atom. The zero-order valence-corrected chi connectivity index (χ0v) is 9.25. The van der Waals surface area contributed by atoms with Crippen LogP contribution in [-0.4, -0.2) is 35.7 Å². The van der Waals surface area contributed by atoms with Gasteiger partial charge in [0.1, 0.15) is 6.26 Å². The van der Waals surface area contributed by atoms with Crippen molar-refractivity contribution < 1.29 is 8.94 Å². The number of aromatic nitrogens is 2. The van der Waals surface area contributed by atoms with E-state index in [2.05, 4.69) is 10.1 Å². The number of likely N-dealkylation sites (N-methyl/N-ethyl adjacent to an activating group) is 1. The average Bonchev–Trinajstić information content (AvgIpc) is 2.87. The second-order valence-electron chi connectivity index (χ2n) is 3.84. The highest BCUT2D eigenvalue weighted by Crippen LogP contribution is 2.18. The Labute approximate surface area is 93.0 Å². The molecule has 0 fully saturated rings. The largest absolute Gasteiger partial charge is 0.472 e. The third kappa shape index (κ3) is 2.29. The van der Waals surface area contributed by atoms with Crippen molar-refractivity contribution in [2.45, 2.75) is 6.04 Å². The van der Waals surface area contributed by atoms with Crippen molar-refractivity contribution >= 4 is 0 Å². The molecule has 16 heavy (non-hydrogen) atoms. The molecule has 0 amide bonds. The topological polar surface area (TPSA) is 81.3 Å². The third-order valence-corrected chi connectivity index (χ3v) is 2.10. The maximum absolute atomic E-state index is 5.91. The number of hydrogen-bond donors (Lipinski definition) is 1. The molecule has 0 saturated heterocycles. The molecule has 0 radical (unpaired) electrons. The van der Waals surface area contributed by atoms with Gasteiger partial charge in [-0.1, -0.05) is 5.16 Å². The highest BCUT2D eigenvalue weighted by molar-refractivity contribution is 5.49. The smallest absolute Gasteiger partial charge is 0.261 e. The lowest BCUT2D eigenvalue weighted by atomic mass is 10.3. The Morgan fingerprint density at radius 1 is 1.50 bits per heavy atom.